The molecule has 0 amide bonds. The van der Waals surface area contributed by atoms with Gasteiger partial charge in [-0.1, -0.05) is 11.6 Å². The lowest BCUT2D eigenvalue weighted by atomic mass is 10.0. The van der Waals surface area contributed by atoms with Crippen molar-refractivity contribution in [2.45, 2.75) is 30.9 Å². The zero-order valence-corrected chi connectivity index (χ0v) is 14.4. The molecular formula is C13H18ClNO4S2. The van der Waals surface area contributed by atoms with Crippen LogP contribution in [0.25, 0.3) is 0 Å². The molecule has 2 rings (SSSR count). The van der Waals surface area contributed by atoms with Crippen molar-refractivity contribution in [2.24, 2.45) is 5.92 Å². The Morgan fingerprint density at radius 1 is 1.57 bits per heavy atom. The number of carbonyl (C=O) groups is 1. The van der Waals surface area contributed by atoms with E-state index in [9.17, 15) is 13.2 Å². The van der Waals surface area contributed by atoms with E-state index in [0.29, 0.717) is 30.3 Å². The van der Waals surface area contributed by atoms with Gasteiger partial charge in [0.15, 0.2) is 0 Å². The van der Waals surface area contributed by atoms with E-state index in [0.717, 1.165) is 16.9 Å². The summed E-state index contributed by atoms with van der Waals surface area (Å²) in [5.74, 6) is -0.706. The Bertz CT molecular complexity index is 607. The largest absolute Gasteiger partial charge is 0.466 e. The van der Waals surface area contributed by atoms with Gasteiger partial charge < -0.3 is 4.74 Å². The number of nitrogens with zero attached hydrogens (tertiary/aromatic N) is 1. The number of halogens is 1. The Hall–Kier alpha value is -0.630. The van der Waals surface area contributed by atoms with E-state index in [2.05, 4.69) is 0 Å². The first kappa shape index (κ1) is 16.7. The molecule has 2 heterocycles. The third-order valence-electron chi connectivity index (χ3n) is 3.43. The molecule has 1 saturated heterocycles. The Kier molecular flexibility index (Phi) is 5.29. The van der Waals surface area contributed by atoms with Crippen LogP contribution in [-0.4, -0.2) is 38.4 Å². The highest BCUT2D eigenvalue weighted by atomic mass is 35.5. The Morgan fingerprint density at radius 3 is 2.86 bits per heavy atom. The van der Waals surface area contributed by atoms with E-state index in [4.69, 9.17) is 16.3 Å². The number of rotatable bonds is 4. The van der Waals surface area contributed by atoms with Gasteiger partial charge in [0, 0.05) is 13.1 Å². The number of carbonyl (C=O) groups excluding carboxylic acids is 1. The first-order valence-electron chi connectivity index (χ1n) is 6.79. The number of hydrogen-bond acceptors (Lipinski definition) is 5. The van der Waals surface area contributed by atoms with Crippen LogP contribution in [0.1, 0.15) is 25.3 Å². The SMILES string of the molecule is CCOC(=O)[C@@H]1CCCN(S(=O)(=O)c2cc(C)c(Cl)s2)C1. The van der Waals surface area contributed by atoms with E-state index in [-0.39, 0.29) is 22.6 Å². The predicted molar refractivity (Wildman–Crippen MR) is 82.2 cm³/mol. The van der Waals surface area contributed by atoms with E-state index in [1.54, 1.807) is 19.9 Å². The first-order valence-corrected chi connectivity index (χ1v) is 9.42. The summed E-state index contributed by atoms with van der Waals surface area (Å²) < 4.78 is 32.3. The molecular weight excluding hydrogens is 334 g/mol. The topological polar surface area (TPSA) is 63.7 Å². The fourth-order valence-electron chi connectivity index (χ4n) is 2.30. The van der Waals surface area contributed by atoms with Crippen LogP contribution in [0.4, 0.5) is 0 Å². The fourth-order valence-corrected chi connectivity index (χ4v) is 5.69. The van der Waals surface area contributed by atoms with Gasteiger partial charge in [-0.15, -0.1) is 11.3 Å². The van der Waals surface area contributed by atoms with Crippen LogP contribution in [-0.2, 0) is 19.6 Å². The number of hydrogen-bond donors (Lipinski definition) is 0. The van der Waals surface area contributed by atoms with Crippen LogP contribution in [0.2, 0.25) is 4.34 Å². The molecule has 0 unspecified atom stereocenters. The molecule has 0 N–H and O–H groups in total. The monoisotopic (exact) mass is 351 g/mol. The van der Waals surface area contributed by atoms with E-state index in [1.165, 1.54) is 4.31 Å². The molecule has 0 bridgehead atoms. The van der Waals surface area contributed by atoms with Gasteiger partial charge in [0.1, 0.15) is 4.21 Å². The average molecular weight is 352 g/mol. The molecule has 1 fully saturated rings. The second-order valence-electron chi connectivity index (χ2n) is 4.98. The molecule has 21 heavy (non-hydrogen) atoms. The molecule has 8 heteroatoms. The minimum Gasteiger partial charge on any atom is -0.466 e. The van der Waals surface area contributed by atoms with E-state index >= 15 is 0 Å². The molecule has 118 valence electrons. The summed E-state index contributed by atoms with van der Waals surface area (Å²) in [4.78, 5) is 11.8. The zero-order chi connectivity index (χ0) is 15.6. The van der Waals surface area contributed by atoms with E-state index in [1.807, 2.05) is 0 Å². The van der Waals surface area contributed by atoms with Gasteiger partial charge >= 0.3 is 5.97 Å². The van der Waals surface area contributed by atoms with Crippen LogP contribution in [0.15, 0.2) is 10.3 Å². The molecule has 0 aromatic carbocycles. The van der Waals surface area contributed by atoms with Crippen LogP contribution in [0.5, 0.6) is 0 Å². The normalized spacial score (nSPS) is 20.4. The summed E-state index contributed by atoms with van der Waals surface area (Å²) in [5, 5.41) is 0. The van der Waals surface area contributed by atoms with Crippen molar-refractivity contribution in [3.05, 3.63) is 16.0 Å². The highest BCUT2D eigenvalue weighted by Gasteiger charge is 2.34. The van der Waals surface area contributed by atoms with Crippen LogP contribution in [0.3, 0.4) is 0 Å². The summed E-state index contributed by atoms with van der Waals surface area (Å²) in [5.41, 5.74) is 0.749. The molecule has 1 aliphatic heterocycles. The highest BCUT2D eigenvalue weighted by Crippen LogP contribution is 2.33. The molecule has 1 aliphatic rings. The lowest BCUT2D eigenvalue weighted by Gasteiger charge is -2.30. The fraction of sp³-hybridized carbons (Fsp3) is 0.615. The summed E-state index contributed by atoms with van der Waals surface area (Å²) in [7, 11) is -3.59. The molecule has 1 atom stereocenters. The summed E-state index contributed by atoms with van der Waals surface area (Å²) in [6.45, 7) is 4.42. The van der Waals surface area contributed by atoms with Gasteiger partial charge in [-0.3, -0.25) is 4.79 Å². The summed E-state index contributed by atoms with van der Waals surface area (Å²) >= 11 is 7.01. The van der Waals surface area contributed by atoms with Gasteiger partial charge in [0.05, 0.1) is 16.9 Å². The number of esters is 1. The van der Waals surface area contributed by atoms with Crippen LogP contribution in [0, 0.1) is 12.8 Å². The number of aryl methyl sites for hydroxylation is 1. The number of ether oxygens (including phenoxy) is 1. The summed E-state index contributed by atoms with van der Waals surface area (Å²) in [6, 6.07) is 1.58. The molecule has 1 aromatic rings. The number of sulfonamides is 1. The molecule has 0 spiro atoms. The van der Waals surface area contributed by atoms with Crippen molar-refractivity contribution in [3.63, 3.8) is 0 Å². The Balaban J connectivity index is 2.18. The highest BCUT2D eigenvalue weighted by molar-refractivity contribution is 7.91. The Morgan fingerprint density at radius 2 is 2.29 bits per heavy atom. The predicted octanol–water partition coefficient (Wildman–Crippen LogP) is 2.67. The molecule has 0 radical (unpaired) electrons. The van der Waals surface area contributed by atoms with Gasteiger partial charge in [-0.2, -0.15) is 4.31 Å². The third kappa shape index (κ3) is 3.59. The standard InChI is InChI=1S/C13H18ClNO4S2/c1-3-19-13(16)10-5-4-6-15(8-10)21(17,18)11-7-9(2)12(14)20-11/h7,10H,3-6,8H2,1-2H3/t10-/m1/s1. The van der Waals surface area contributed by atoms with Crippen molar-refractivity contribution < 1.29 is 17.9 Å². The van der Waals surface area contributed by atoms with Crippen molar-refractivity contribution >= 4 is 38.9 Å². The van der Waals surface area contributed by atoms with Gasteiger partial charge in [0.25, 0.3) is 10.0 Å². The minimum absolute atomic E-state index is 0.176. The molecule has 0 aliphatic carbocycles. The van der Waals surface area contributed by atoms with E-state index < -0.39 is 10.0 Å². The Labute approximate surface area is 133 Å². The number of piperidine rings is 1. The quantitative estimate of drug-likeness (QED) is 0.782. The molecule has 5 nitrogen and oxygen atoms in total. The zero-order valence-electron chi connectivity index (χ0n) is 12.0. The van der Waals surface area contributed by atoms with Crippen LogP contribution >= 0.6 is 22.9 Å². The lowest BCUT2D eigenvalue weighted by molar-refractivity contribution is -0.149. The molecule has 1 aromatic heterocycles. The third-order valence-corrected chi connectivity index (χ3v) is 7.30. The van der Waals surface area contributed by atoms with Crippen LogP contribution < -0.4 is 0 Å². The maximum atomic E-state index is 12.6. The van der Waals surface area contributed by atoms with Crippen molar-refractivity contribution in [1.82, 2.24) is 4.31 Å². The first-order chi connectivity index (χ1) is 9.86. The van der Waals surface area contributed by atoms with Gasteiger partial charge in [-0.25, -0.2) is 8.42 Å². The second kappa shape index (κ2) is 6.64. The lowest BCUT2D eigenvalue weighted by Crippen LogP contribution is -2.42. The molecule has 0 saturated carbocycles. The van der Waals surface area contributed by atoms with Crippen molar-refractivity contribution in [2.75, 3.05) is 19.7 Å². The smallest absolute Gasteiger partial charge is 0.310 e. The number of thiophene rings is 1. The maximum Gasteiger partial charge on any atom is 0.310 e. The van der Waals surface area contributed by atoms with Crippen molar-refractivity contribution in [1.29, 1.82) is 0 Å². The summed E-state index contributed by atoms with van der Waals surface area (Å²) in [6.07, 6.45) is 1.32. The minimum atomic E-state index is -3.59. The van der Waals surface area contributed by atoms with Crippen molar-refractivity contribution in [3.8, 4) is 0 Å². The maximum absolute atomic E-state index is 12.6. The average Bonchev–Trinajstić information content (AvgIpc) is 2.80. The second-order valence-corrected chi connectivity index (χ2v) is 8.80. The van der Waals surface area contributed by atoms with Gasteiger partial charge in [-0.05, 0) is 38.3 Å². The van der Waals surface area contributed by atoms with Gasteiger partial charge in [0.2, 0.25) is 0 Å².